The van der Waals surface area contributed by atoms with Gasteiger partial charge in [0.1, 0.15) is 0 Å². The Balaban J connectivity index is -0.000000361. The van der Waals surface area contributed by atoms with Crippen molar-refractivity contribution >= 4 is 8.24 Å². The molecule has 0 aliphatic heterocycles. The van der Waals surface area contributed by atoms with Crippen LogP contribution in [0.3, 0.4) is 0 Å². The Kier molecular flexibility index (Phi) is 14.3. The Hall–Kier alpha value is 1.06. The largest absolute Gasteiger partial charge is 4.00 e. The van der Waals surface area contributed by atoms with E-state index in [1.165, 1.54) is 0 Å². The molecule has 126 valence electrons. The molecule has 0 bridgehead atoms. The molecule has 5 atom stereocenters. The molecule has 0 spiro atoms. The standard InChI is InChI=1S/C15H32NSi.3CH3.Zr/c1-10-11(2)13(4)14(12(10)3)17(8,9)16-15(5,6)7;;;;/h10-14H,1-9H3;3*1H3;/q4*-1;+4/t10?,11?,12-,13?,14?;;;;/m1..../s1. The molecule has 1 rings (SSSR count). The van der Waals surface area contributed by atoms with Crippen LogP contribution in [0.4, 0.5) is 0 Å². The molecule has 0 aromatic heterocycles. The van der Waals surface area contributed by atoms with Gasteiger partial charge in [0.25, 0.3) is 0 Å². The zero-order valence-corrected chi connectivity index (χ0v) is 20.3. The maximum Gasteiger partial charge on any atom is 4.00 e. The Morgan fingerprint density at radius 2 is 1.00 bits per heavy atom. The second-order valence-corrected chi connectivity index (χ2v) is 12.1. The van der Waals surface area contributed by atoms with Crippen LogP contribution in [-0.2, 0) is 26.2 Å². The molecule has 0 radical (unpaired) electrons. The molecule has 1 fully saturated rings. The van der Waals surface area contributed by atoms with Gasteiger partial charge in [0.15, 0.2) is 0 Å². The molecule has 0 aromatic rings. The van der Waals surface area contributed by atoms with Crippen LogP contribution in [0.1, 0.15) is 48.5 Å². The van der Waals surface area contributed by atoms with E-state index in [9.17, 15) is 0 Å². The maximum absolute atomic E-state index is 5.23. The minimum Gasteiger partial charge on any atom is -0.660 e. The Morgan fingerprint density at radius 3 is 1.24 bits per heavy atom. The van der Waals surface area contributed by atoms with Gasteiger partial charge in [-0.25, -0.2) is 0 Å². The van der Waals surface area contributed by atoms with Crippen molar-refractivity contribution in [3.05, 3.63) is 27.3 Å². The molecule has 3 heteroatoms. The molecule has 0 aromatic carbocycles. The van der Waals surface area contributed by atoms with E-state index < -0.39 is 8.24 Å². The zero-order valence-electron chi connectivity index (χ0n) is 16.8. The predicted molar refractivity (Wildman–Crippen MR) is 100 cm³/mol. The second-order valence-electron chi connectivity index (χ2n) is 7.90. The van der Waals surface area contributed by atoms with Gasteiger partial charge >= 0.3 is 26.2 Å². The predicted octanol–water partition coefficient (Wildman–Crippen LogP) is 6.64. The van der Waals surface area contributed by atoms with Crippen LogP contribution in [0.2, 0.25) is 18.6 Å². The average molecular weight is 391 g/mol. The fourth-order valence-electron chi connectivity index (χ4n) is 4.32. The third-order valence-corrected chi connectivity index (χ3v) is 8.99. The van der Waals surface area contributed by atoms with Gasteiger partial charge in [0.05, 0.1) is 0 Å². The first-order chi connectivity index (χ1) is 7.47. The average Bonchev–Trinajstić information content (AvgIpc) is 2.27. The normalized spacial score (nSPS) is 32.1. The van der Waals surface area contributed by atoms with Crippen LogP contribution in [0, 0.1) is 46.0 Å². The van der Waals surface area contributed by atoms with Crippen LogP contribution >= 0.6 is 0 Å². The Bertz CT molecular complexity index is 259. The van der Waals surface area contributed by atoms with E-state index in [4.69, 9.17) is 4.98 Å². The topological polar surface area (TPSA) is 14.1 Å². The van der Waals surface area contributed by atoms with Gasteiger partial charge in [-0.2, -0.15) is 0 Å². The first-order valence-corrected chi connectivity index (χ1v) is 10.2. The molecular formula is C18H41NSiZr. The number of hydrogen-bond acceptors (Lipinski definition) is 0. The second kappa shape index (κ2) is 10.0. The molecule has 0 N–H and O–H groups in total. The van der Waals surface area contributed by atoms with E-state index in [-0.39, 0.29) is 54.0 Å². The summed E-state index contributed by atoms with van der Waals surface area (Å²) in [5.41, 5.74) is 0.983. The van der Waals surface area contributed by atoms with Crippen LogP contribution in [0.15, 0.2) is 0 Å². The summed E-state index contributed by atoms with van der Waals surface area (Å²) in [5, 5.41) is 0. The number of rotatable bonds is 2. The molecule has 1 nitrogen and oxygen atoms in total. The zero-order chi connectivity index (χ0) is 13.6. The third kappa shape index (κ3) is 7.00. The van der Waals surface area contributed by atoms with Gasteiger partial charge in [0, 0.05) is 0 Å². The van der Waals surface area contributed by atoms with Crippen molar-refractivity contribution in [1.82, 2.24) is 0 Å². The molecule has 1 aliphatic rings. The van der Waals surface area contributed by atoms with E-state index in [0.29, 0.717) is 0 Å². The smallest absolute Gasteiger partial charge is 0.660 e. The summed E-state index contributed by atoms with van der Waals surface area (Å²) in [5.74, 6) is 3.40. The van der Waals surface area contributed by atoms with Gasteiger partial charge in [-0.3, -0.25) is 0 Å². The van der Waals surface area contributed by atoms with Gasteiger partial charge in [-0.05, 0) is 23.7 Å². The van der Waals surface area contributed by atoms with E-state index in [2.05, 4.69) is 61.6 Å². The SMILES string of the molecule is CC1C(C)C([Si](C)(C)[N-]C(C)(C)C)[C@H](C)C1C.[CH3-].[CH3-].[CH3-].[Zr+4]. The van der Waals surface area contributed by atoms with Crippen molar-refractivity contribution in [3.63, 3.8) is 0 Å². The molecule has 4 unspecified atom stereocenters. The summed E-state index contributed by atoms with van der Waals surface area (Å²) < 4.78 is 0. The van der Waals surface area contributed by atoms with Crippen LogP contribution in [0.25, 0.3) is 4.98 Å². The fraction of sp³-hybridized carbons (Fsp3) is 0.833. The van der Waals surface area contributed by atoms with Crippen molar-refractivity contribution in [2.24, 2.45) is 23.7 Å². The van der Waals surface area contributed by atoms with E-state index >= 15 is 0 Å². The monoisotopic (exact) mass is 389 g/mol. The molecule has 1 saturated carbocycles. The summed E-state index contributed by atoms with van der Waals surface area (Å²) in [4.78, 5) is 5.23. The molecule has 0 heterocycles. The molecule has 21 heavy (non-hydrogen) atoms. The molecule has 1 aliphatic carbocycles. The Morgan fingerprint density at radius 1 is 0.714 bits per heavy atom. The van der Waals surface area contributed by atoms with Gasteiger partial charge in [0.2, 0.25) is 0 Å². The molecule has 0 saturated heterocycles. The molecule has 0 amide bonds. The third-order valence-electron chi connectivity index (χ3n) is 5.06. The summed E-state index contributed by atoms with van der Waals surface area (Å²) in [6.07, 6.45) is 0. The van der Waals surface area contributed by atoms with Crippen LogP contribution < -0.4 is 0 Å². The van der Waals surface area contributed by atoms with Gasteiger partial charge in [-0.15, -0.1) is 5.54 Å². The van der Waals surface area contributed by atoms with Gasteiger partial charge in [-0.1, -0.05) is 75.3 Å². The van der Waals surface area contributed by atoms with Crippen LogP contribution in [-0.4, -0.2) is 13.8 Å². The van der Waals surface area contributed by atoms with Crippen molar-refractivity contribution in [2.45, 2.75) is 72.6 Å². The minimum atomic E-state index is -1.49. The van der Waals surface area contributed by atoms with E-state index in [1.807, 2.05) is 0 Å². The summed E-state index contributed by atoms with van der Waals surface area (Å²) in [6, 6.07) is 0. The fourth-order valence-corrected chi connectivity index (χ4v) is 9.37. The summed E-state index contributed by atoms with van der Waals surface area (Å²) in [6.45, 7) is 21.5. The number of hydrogen-bond donors (Lipinski definition) is 0. The number of nitrogens with zero attached hydrogens (tertiary/aromatic N) is 1. The van der Waals surface area contributed by atoms with Gasteiger partial charge < -0.3 is 27.3 Å². The van der Waals surface area contributed by atoms with Crippen molar-refractivity contribution in [2.75, 3.05) is 0 Å². The first-order valence-electron chi connectivity index (χ1n) is 7.21. The first kappa shape index (κ1) is 30.0. The van der Waals surface area contributed by atoms with Crippen molar-refractivity contribution < 1.29 is 26.2 Å². The maximum atomic E-state index is 5.23. The van der Waals surface area contributed by atoms with E-state index in [0.717, 1.165) is 29.2 Å². The summed E-state index contributed by atoms with van der Waals surface area (Å²) in [7, 11) is -1.49. The Labute approximate surface area is 157 Å². The summed E-state index contributed by atoms with van der Waals surface area (Å²) >= 11 is 0. The van der Waals surface area contributed by atoms with E-state index in [1.54, 1.807) is 0 Å². The quantitative estimate of drug-likeness (QED) is 0.370. The molecular weight excluding hydrogens is 350 g/mol. The van der Waals surface area contributed by atoms with Crippen molar-refractivity contribution in [3.8, 4) is 0 Å². The van der Waals surface area contributed by atoms with Crippen LogP contribution in [0.5, 0.6) is 0 Å². The van der Waals surface area contributed by atoms with Crippen molar-refractivity contribution in [1.29, 1.82) is 0 Å². The minimum absolute atomic E-state index is 0.